The van der Waals surface area contributed by atoms with Crippen LogP contribution in [0, 0.1) is 23.4 Å². The fourth-order valence-electron chi connectivity index (χ4n) is 5.24. The molecular weight excluding hydrogens is 463 g/mol. The number of carbonyl (C=O) groups excluding carboxylic acids is 1. The van der Waals surface area contributed by atoms with Crippen LogP contribution in [-0.2, 0) is 4.79 Å². The topological polar surface area (TPSA) is 122 Å². The van der Waals surface area contributed by atoms with Crippen molar-refractivity contribution in [3.8, 4) is 0 Å². The van der Waals surface area contributed by atoms with E-state index in [9.17, 15) is 23.1 Å². The Bertz CT molecular complexity index is 1240. The van der Waals surface area contributed by atoms with Gasteiger partial charge in [-0.05, 0) is 38.5 Å². The molecule has 5 rings (SSSR count). The molecule has 2 aromatic heterocycles. The molecule has 2 fully saturated rings. The summed E-state index contributed by atoms with van der Waals surface area (Å²) in [5, 5.41) is 12.2. The molecule has 4 N–H and O–H groups in total. The summed E-state index contributed by atoms with van der Waals surface area (Å²) in [5.74, 6) is -3.15. The van der Waals surface area contributed by atoms with E-state index in [-0.39, 0.29) is 42.4 Å². The lowest BCUT2D eigenvalue weighted by molar-refractivity contribution is -0.138. The molecule has 1 aliphatic heterocycles. The Balaban J connectivity index is 1.42. The van der Waals surface area contributed by atoms with E-state index in [1.54, 1.807) is 9.47 Å². The number of imidazole rings is 1. The second-order valence-electron chi connectivity index (χ2n) is 9.13. The largest absolute Gasteiger partial charge is 0.394 e. The molecule has 1 atom stereocenters. The van der Waals surface area contributed by atoms with Crippen LogP contribution in [0.15, 0.2) is 18.3 Å². The number of benzene rings is 1. The Kier molecular flexibility index (Phi) is 6.22. The minimum atomic E-state index is -1.09. The first-order valence-electron chi connectivity index (χ1n) is 11.7. The number of nitrogens with one attached hydrogen (secondary N) is 1. The van der Waals surface area contributed by atoms with Crippen molar-refractivity contribution in [1.82, 2.24) is 24.4 Å². The van der Waals surface area contributed by atoms with Crippen molar-refractivity contribution in [3.63, 3.8) is 0 Å². The minimum Gasteiger partial charge on any atom is -0.394 e. The zero-order valence-electron chi connectivity index (χ0n) is 18.9. The van der Waals surface area contributed by atoms with Crippen LogP contribution in [0.2, 0.25) is 0 Å². The van der Waals surface area contributed by atoms with Gasteiger partial charge in [0.15, 0.2) is 17.3 Å². The van der Waals surface area contributed by atoms with Crippen molar-refractivity contribution in [3.05, 3.63) is 35.8 Å². The predicted molar refractivity (Wildman–Crippen MR) is 122 cm³/mol. The van der Waals surface area contributed by atoms with E-state index in [0.717, 1.165) is 12.8 Å². The molecule has 35 heavy (non-hydrogen) atoms. The second kappa shape index (κ2) is 9.33. The number of nitrogens with two attached hydrogens (primary N) is 1. The normalized spacial score (nSPS) is 22.6. The molecule has 12 heteroatoms. The average molecular weight is 490 g/mol. The van der Waals surface area contributed by atoms with Crippen LogP contribution in [0.3, 0.4) is 0 Å². The van der Waals surface area contributed by atoms with Crippen LogP contribution in [0.25, 0.3) is 11.2 Å². The molecule has 1 amide bonds. The zero-order valence-corrected chi connectivity index (χ0v) is 18.9. The maximum Gasteiger partial charge on any atom is 0.226 e. The maximum atomic E-state index is 14.4. The third-order valence-electron chi connectivity index (χ3n) is 6.98. The van der Waals surface area contributed by atoms with E-state index >= 15 is 0 Å². The van der Waals surface area contributed by atoms with Crippen LogP contribution in [0.4, 0.5) is 30.8 Å². The van der Waals surface area contributed by atoms with Gasteiger partial charge in [0.05, 0.1) is 18.8 Å². The minimum absolute atomic E-state index is 0.0253. The molecule has 1 aromatic carbocycles. The first kappa shape index (κ1) is 23.3. The summed E-state index contributed by atoms with van der Waals surface area (Å²) < 4.78 is 43.8. The summed E-state index contributed by atoms with van der Waals surface area (Å²) in [6.45, 7) is 0.629. The smallest absolute Gasteiger partial charge is 0.226 e. The van der Waals surface area contributed by atoms with E-state index in [4.69, 9.17) is 5.73 Å². The molecule has 3 aromatic rings. The van der Waals surface area contributed by atoms with Crippen molar-refractivity contribution in [2.75, 3.05) is 24.2 Å². The Hall–Kier alpha value is -3.41. The van der Waals surface area contributed by atoms with Gasteiger partial charge in [0.25, 0.3) is 0 Å². The monoisotopic (exact) mass is 489 g/mol. The average Bonchev–Trinajstić information content (AvgIpc) is 3.45. The lowest BCUT2D eigenvalue weighted by atomic mass is 9.85. The highest BCUT2D eigenvalue weighted by Gasteiger charge is 2.36. The Labute approximate surface area is 199 Å². The second-order valence-corrected chi connectivity index (χ2v) is 9.13. The third-order valence-corrected chi connectivity index (χ3v) is 6.98. The number of anilines is 3. The Morgan fingerprint density at radius 1 is 1.11 bits per heavy atom. The number of carbonyl (C=O) groups is 1. The van der Waals surface area contributed by atoms with E-state index < -0.39 is 23.1 Å². The zero-order chi connectivity index (χ0) is 24.7. The molecule has 0 bridgehead atoms. The number of aliphatic hydroxyl groups is 1. The fraction of sp³-hybridized carbons (Fsp3) is 0.478. The molecule has 1 saturated carbocycles. The number of aliphatic hydroxyl groups excluding tert-OH is 1. The number of rotatable bonds is 5. The molecular formula is C23H26F3N7O2. The lowest BCUT2D eigenvalue weighted by Crippen LogP contribution is -2.42. The van der Waals surface area contributed by atoms with Crippen molar-refractivity contribution >= 4 is 34.7 Å². The molecule has 2 aliphatic rings. The number of likely N-dealkylation sites (tertiary alicyclic amines) is 1. The number of aromatic nitrogens is 4. The van der Waals surface area contributed by atoms with Gasteiger partial charge in [-0.15, -0.1) is 0 Å². The van der Waals surface area contributed by atoms with Crippen molar-refractivity contribution in [1.29, 1.82) is 0 Å². The molecule has 1 aliphatic carbocycles. The van der Waals surface area contributed by atoms with Crippen LogP contribution < -0.4 is 11.1 Å². The molecule has 1 saturated heterocycles. The highest BCUT2D eigenvalue weighted by molar-refractivity contribution is 5.80. The number of halogens is 3. The van der Waals surface area contributed by atoms with Gasteiger partial charge in [0.1, 0.15) is 17.0 Å². The number of hydrogen-bond acceptors (Lipinski definition) is 7. The van der Waals surface area contributed by atoms with Crippen LogP contribution in [0.5, 0.6) is 0 Å². The number of nitrogen functional groups attached to an aromatic ring is 1. The van der Waals surface area contributed by atoms with E-state index in [1.807, 2.05) is 0 Å². The summed E-state index contributed by atoms with van der Waals surface area (Å²) in [5.41, 5.74) is 6.04. The quantitative estimate of drug-likeness (QED) is 0.503. The number of nitrogens with zero attached hydrogens (tertiary/aromatic N) is 5. The van der Waals surface area contributed by atoms with Crippen molar-refractivity contribution in [2.24, 2.45) is 5.92 Å². The van der Waals surface area contributed by atoms with Gasteiger partial charge in [-0.3, -0.25) is 9.36 Å². The first-order chi connectivity index (χ1) is 16.9. The molecule has 0 unspecified atom stereocenters. The van der Waals surface area contributed by atoms with E-state index in [1.165, 1.54) is 6.20 Å². The standard InChI is InChI=1S/C23H26F3N7O2/c24-13-8-16(25)19(17(26)9-13)30-23-29-18-10-28-22(27)31-20(18)33(23)14-5-3-12(4-6-14)21(35)32-7-1-2-15(32)11-34/h8-10,12,14-15,34H,1-7,11H2,(H,29,30)(H2,27,28,31)/t12-,14+,15-/m0/s1. The van der Waals surface area contributed by atoms with Crippen LogP contribution >= 0.6 is 0 Å². The van der Waals surface area contributed by atoms with Gasteiger partial charge in [-0.2, -0.15) is 4.98 Å². The van der Waals surface area contributed by atoms with E-state index in [2.05, 4.69) is 20.3 Å². The molecule has 3 heterocycles. The highest BCUT2D eigenvalue weighted by Crippen LogP contribution is 2.38. The summed E-state index contributed by atoms with van der Waals surface area (Å²) in [7, 11) is 0. The van der Waals surface area contributed by atoms with Gasteiger partial charge in [-0.25, -0.2) is 23.1 Å². The summed E-state index contributed by atoms with van der Waals surface area (Å²) in [4.78, 5) is 27.5. The summed E-state index contributed by atoms with van der Waals surface area (Å²) >= 11 is 0. The predicted octanol–water partition coefficient (Wildman–Crippen LogP) is 3.28. The molecule has 0 spiro atoms. The van der Waals surface area contributed by atoms with Gasteiger partial charge in [0.2, 0.25) is 17.8 Å². The van der Waals surface area contributed by atoms with Crippen LogP contribution in [0.1, 0.15) is 44.6 Å². The van der Waals surface area contributed by atoms with Crippen LogP contribution in [-0.4, -0.2) is 54.6 Å². The fourth-order valence-corrected chi connectivity index (χ4v) is 5.24. The lowest BCUT2D eigenvalue weighted by Gasteiger charge is -2.33. The summed E-state index contributed by atoms with van der Waals surface area (Å²) in [6.07, 6.45) is 5.55. The Morgan fingerprint density at radius 2 is 1.83 bits per heavy atom. The molecule has 186 valence electrons. The first-order valence-corrected chi connectivity index (χ1v) is 11.7. The highest BCUT2D eigenvalue weighted by atomic mass is 19.1. The molecule has 9 nitrogen and oxygen atoms in total. The number of fused-ring (bicyclic) bond motifs is 1. The number of amides is 1. The van der Waals surface area contributed by atoms with Gasteiger partial charge < -0.3 is 21.1 Å². The SMILES string of the molecule is Nc1ncc2nc(Nc3c(F)cc(F)cc3F)n([C@H]3CC[C@@H](C(=O)N4CCC[C@H]4CO)CC3)c2n1. The summed E-state index contributed by atoms with van der Waals surface area (Å²) in [6, 6.07) is 0.893. The molecule has 0 radical (unpaired) electrons. The van der Waals surface area contributed by atoms with Gasteiger partial charge in [-0.1, -0.05) is 0 Å². The van der Waals surface area contributed by atoms with Gasteiger partial charge >= 0.3 is 0 Å². The van der Waals surface area contributed by atoms with Gasteiger partial charge in [0, 0.05) is 30.6 Å². The Morgan fingerprint density at radius 3 is 2.51 bits per heavy atom. The van der Waals surface area contributed by atoms with E-state index in [0.29, 0.717) is 55.5 Å². The van der Waals surface area contributed by atoms with Crippen molar-refractivity contribution < 1.29 is 23.1 Å². The number of hydrogen-bond donors (Lipinski definition) is 3. The third kappa shape index (κ3) is 4.38. The van der Waals surface area contributed by atoms with Crippen molar-refractivity contribution in [2.45, 2.75) is 50.6 Å². The maximum absolute atomic E-state index is 14.4.